The van der Waals surface area contributed by atoms with Crippen LogP contribution in [0.5, 0.6) is 0 Å². The van der Waals surface area contributed by atoms with Crippen molar-refractivity contribution < 1.29 is 9.59 Å². The fourth-order valence-electron chi connectivity index (χ4n) is 4.09. The molecule has 0 unspecified atom stereocenters. The summed E-state index contributed by atoms with van der Waals surface area (Å²) in [5.41, 5.74) is 5.04. The molecule has 0 bridgehead atoms. The van der Waals surface area contributed by atoms with Crippen molar-refractivity contribution >= 4 is 39.9 Å². The van der Waals surface area contributed by atoms with Gasteiger partial charge in [0.05, 0.1) is 17.4 Å². The van der Waals surface area contributed by atoms with Gasteiger partial charge in [-0.1, -0.05) is 18.2 Å². The van der Waals surface area contributed by atoms with E-state index in [-0.39, 0.29) is 11.8 Å². The molecule has 1 fully saturated rings. The van der Waals surface area contributed by atoms with Crippen molar-refractivity contribution in [3.05, 3.63) is 78.6 Å². The van der Waals surface area contributed by atoms with Crippen LogP contribution in [0, 0.1) is 0 Å². The molecule has 4 aromatic rings. The SMILES string of the molecule is CNC(=O)c1cccc2ncc(Nc3ccc(-c4ccc(N5CCCC5=O)cc4)cn3)cc12. The number of carbonyl (C=O) groups is 2. The zero-order valence-corrected chi connectivity index (χ0v) is 18.2. The Kier molecular flexibility index (Phi) is 5.44. The Labute approximate surface area is 191 Å². The van der Waals surface area contributed by atoms with E-state index in [0.29, 0.717) is 17.8 Å². The van der Waals surface area contributed by atoms with E-state index in [4.69, 9.17) is 0 Å². The fourth-order valence-corrected chi connectivity index (χ4v) is 4.09. The number of hydrogen-bond donors (Lipinski definition) is 2. The van der Waals surface area contributed by atoms with Gasteiger partial charge in [-0.3, -0.25) is 14.6 Å². The van der Waals surface area contributed by atoms with E-state index in [2.05, 4.69) is 20.6 Å². The highest BCUT2D eigenvalue weighted by Crippen LogP contribution is 2.27. The van der Waals surface area contributed by atoms with E-state index in [9.17, 15) is 9.59 Å². The van der Waals surface area contributed by atoms with Crippen LogP contribution in [0.3, 0.4) is 0 Å². The Morgan fingerprint density at radius 3 is 2.48 bits per heavy atom. The van der Waals surface area contributed by atoms with Crippen LogP contribution in [0.4, 0.5) is 17.2 Å². The van der Waals surface area contributed by atoms with Gasteiger partial charge in [0, 0.05) is 48.4 Å². The zero-order valence-electron chi connectivity index (χ0n) is 18.2. The van der Waals surface area contributed by atoms with Crippen LogP contribution in [0.1, 0.15) is 23.2 Å². The summed E-state index contributed by atoms with van der Waals surface area (Å²) in [6.07, 6.45) is 5.07. The topological polar surface area (TPSA) is 87.2 Å². The Morgan fingerprint density at radius 2 is 1.79 bits per heavy atom. The number of benzene rings is 2. The molecule has 0 atom stereocenters. The Hall–Kier alpha value is -4.26. The second-order valence-corrected chi connectivity index (χ2v) is 7.93. The van der Waals surface area contributed by atoms with Gasteiger partial charge in [-0.25, -0.2) is 4.98 Å². The van der Waals surface area contributed by atoms with Crippen LogP contribution < -0.4 is 15.5 Å². The standard InChI is InChI=1S/C26H23N5O2/c1-27-26(33)21-4-2-5-23-22(21)14-19(16-28-23)30-24-12-9-18(15-29-24)17-7-10-20(11-8-17)31-13-3-6-25(31)32/h2,4-5,7-12,14-16H,3,6,13H2,1H3,(H,27,33)(H,29,30). The third-order valence-corrected chi connectivity index (χ3v) is 5.82. The van der Waals surface area contributed by atoms with Crippen molar-refractivity contribution in [2.75, 3.05) is 23.8 Å². The second-order valence-electron chi connectivity index (χ2n) is 7.93. The number of nitrogens with zero attached hydrogens (tertiary/aromatic N) is 3. The summed E-state index contributed by atoms with van der Waals surface area (Å²) in [4.78, 5) is 35.0. The molecule has 3 heterocycles. The van der Waals surface area contributed by atoms with Crippen LogP contribution in [0.15, 0.2) is 73.1 Å². The number of amides is 2. The van der Waals surface area contributed by atoms with Crippen LogP contribution in [-0.2, 0) is 4.79 Å². The molecule has 33 heavy (non-hydrogen) atoms. The number of aromatic nitrogens is 2. The normalized spacial score (nSPS) is 13.4. The summed E-state index contributed by atoms with van der Waals surface area (Å²) < 4.78 is 0. The first-order valence-corrected chi connectivity index (χ1v) is 10.9. The number of rotatable bonds is 5. The van der Waals surface area contributed by atoms with Crippen molar-refractivity contribution in [3.8, 4) is 11.1 Å². The molecule has 2 amide bonds. The van der Waals surface area contributed by atoms with E-state index in [1.807, 2.05) is 65.7 Å². The molecule has 1 aliphatic rings. The Bertz CT molecular complexity index is 1330. The van der Waals surface area contributed by atoms with Gasteiger partial charge in [0.15, 0.2) is 0 Å². The summed E-state index contributed by atoms with van der Waals surface area (Å²) >= 11 is 0. The smallest absolute Gasteiger partial charge is 0.251 e. The van der Waals surface area contributed by atoms with Crippen LogP contribution in [-0.4, -0.2) is 35.4 Å². The van der Waals surface area contributed by atoms with Gasteiger partial charge < -0.3 is 15.5 Å². The minimum atomic E-state index is -0.151. The molecular weight excluding hydrogens is 414 g/mol. The third kappa shape index (κ3) is 4.13. The molecule has 0 spiro atoms. The zero-order chi connectivity index (χ0) is 22.8. The number of anilines is 3. The molecule has 164 valence electrons. The van der Waals surface area contributed by atoms with Crippen molar-refractivity contribution in [1.82, 2.24) is 15.3 Å². The second kappa shape index (κ2) is 8.70. The summed E-state index contributed by atoms with van der Waals surface area (Å²) in [6.45, 7) is 0.786. The molecule has 2 aromatic carbocycles. The Balaban J connectivity index is 1.34. The highest BCUT2D eigenvalue weighted by atomic mass is 16.2. The first-order chi connectivity index (χ1) is 16.1. The van der Waals surface area contributed by atoms with Crippen molar-refractivity contribution in [3.63, 3.8) is 0 Å². The fraction of sp³-hybridized carbons (Fsp3) is 0.154. The number of nitrogens with one attached hydrogen (secondary N) is 2. The van der Waals surface area contributed by atoms with Crippen molar-refractivity contribution in [2.45, 2.75) is 12.8 Å². The van der Waals surface area contributed by atoms with E-state index in [1.165, 1.54) is 0 Å². The van der Waals surface area contributed by atoms with E-state index in [0.717, 1.165) is 46.4 Å². The monoisotopic (exact) mass is 437 g/mol. The van der Waals surface area contributed by atoms with Gasteiger partial charge in [-0.2, -0.15) is 0 Å². The largest absolute Gasteiger partial charge is 0.355 e. The molecule has 7 nitrogen and oxygen atoms in total. The minimum Gasteiger partial charge on any atom is -0.355 e. The lowest BCUT2D eigenvalue weighted by Crippen LogP contribution is -2.23. The molecule has 1 aliphatic heterocycles. The molecule has 0 aliphatic carbocycles. The lowest BCUT2D eigenvalue weighted by Gasteiger charge is -2.16. The summed E-state index contributed by atoms with van der Waals surface area (Å²) in [6, 6.07) is 19.3. The molecule has 7 heteroatoms. The predicted molar refractivity (Wildman–Crippen MR) is 130 cm³/mol. The van der Waals surface area contributed by atoms with E-state index < -0.39 is 0 Å². The van der Waals surface area contributed by atoms with Crippen LogP contribution >= 0.6 is 0 Å². The summed E-state index contributed by atoms with van der Waals surface area (Å²) in [7, 11) is 1.61. The van der Waals surface area contributed by atoms with Crippen LogP contribution in [0.2, 0.25) is 0 Å². The third-order valence-electron chi connectivity index (χ3n) is 5.82. The summed E-state index contributed by atoms with van der Waals surface area (Å²) in [5, 5.41) is 6.70. The molecule has 1 saturated heterocycles. The van der Waals surface area contributed by atoms with Gasteiger partial charge in [-0.15, -0.1) is 0 Å². The molecule has 0 saturated carbocycles. The van der Waals surface area contributed by atoms with Crippen molar-refractivity contribution in [1.29, 1.82) is 0 Å². The highest BCUT2D eigenvalue weighted by molar-refractivity contribution is 6.06. The van der Waals surface area contributed by atoms with E-state index in [1.54, 1.807) is 19.3 Å². The molecule has 0 radical (unpaired) electrons. The maximum Gasteiger partial charge on any atom is 0.251 e. The predicted octanol–water partition coefficient (Wildman–Crippen LogP) is 4.53. The van der Waals surface area contributed by atoms with E-state index >= 15 is 0 Å². The first-order valence-electron chi connectivity index (χ1n) is 10.9. The average molecular weight is 438 g/mol. The molecule has 5 rings (SSSR count). The van der Waals surface area contributed by atoms with Gasteiger partial charge >= 0.3 is 0 Å². The highest BCUT2D eigenvalue weighted by Gasteiger charge is 2.21. The quantitative estimate of drug-likeness (QED) is 0.479. The lowest BCUT2D eigenvalue weighted by atomic mass is 10.1. The molecule has 2 aromatic heterocycles. The first kappa shape index (κ1) is 20.6. The Morgan fingerprint density at radius 1 is 0.970 bits per heavy atom. The average Bonchev–Trinajstić information content (AvgIpc) is 3.29. The number of carbonyl (C=O) groups excluding carboxylic acids is 2. The van der Waals surface area contributed by atoms with Gasteiger partial charge in [0.1, 0.15) is 5.82 Å². The van der Waals surface area contributed by atoms with Gasteiger partial charge in [-0.05, 0) is 54.4 Å². The summed E-state index contributed by atoms with van der Waals surface area (Å²) in [5.74, 6) is 0.712. The molecule has 2 N–H and O–H groups in total. The van der Waals surface area contributed by atoms with Gasteiger partial charge in [0.25, 0.3) is 5.91 Å². The minimum absolute atomic E-state index is 0.151. The van der Waals surface area contributed by atoms with Crippen LogP contribution in [0.25, 0.3) is 22.0 Å². The maximum atomic E-state index is 12.2. The number of pyridine rings is 2. The number of hydrogen-bond acceptors (Lipinski definition) is 5. The van der Waals surface area contributed by atoms with Crippen molar-refractivity contribution in [2.24, 2.45) is 0 Å². The molecular formula is C26H23N5O2. The van der Waals surface area contributed by atoms with Gasteiger partial charge in [0.2, 0.25) is 5.91 Å². The lowest BCUT2D eigenvalue weighted by molar-refractivity contribution is -0.117. The maximum absolute atomic E-state index is 12.2. The number of fused-ring (bicyclic) bond motifs is 1.